The summed E-state index contributed by atoms with van der Waals surface area (Å²) in [5.41, 5.74) is 7.32. The molecule has 0 amide bonds. The van der Waals surface area contributed by atoms with Crippen LogP contribution in [0.15, 0.2) is 36.4 Å². The van der Waals surface area contributed by atoms with Crippen molar-refractivity contribution in [3.63, 3.8) is 0 Å². The van der Waals surface area contributed by atoms with Gasteiger partial charge < -0.3 is 5.11 Å². The van der Waals surface area contributed by atoms with Crippen LogP contribution in [0.25, 0.3) is 21.8 Å². The first-order valence-corrected chi connectivity index (χ1v) is 6.95. The third-order valence-electron chi connectivity index (χ3n) is 3.78. The number of pyridine rings is 1. The Morgan fingerprint density at radius 2 is 1.95 bits per heavy atom. The molecule has 1 heterocycles. The lowest BCUT2D eigenvalue weighted by Crippen LogP contribution is -2.12. The van der Waals surface area contributed by atoms with E-state index in [9.17, 15) is 4.79 Å². The van der Waals surface area contributed by atoms with Gasteiger partial charge >= 0.3 is 5.97 Å². The lowest BCUT2D eigenvalue weighted by molar-refractivity contribution is -0.141. The van der Waals surface area contributed by atoms with Gasteiger partial charge in [0.1, 0.15) is 0 Å². The van der Waals surface area contributed by atoms with Gasteiger partial charge in [-0.15, -0.1) is 0 Å². The molecule has 0 aliphatic rings. The van der Waals surface area contributed by atoms with Gasteiger partial charge in [0.15, 0.2) is 6.61 Å². The Labute approximate surface area is 127 Å². The van der Waals surface area contributed by atoms with Gasteiger partial charge in [-0.05, 0) is 43.2 Å². The predicted octanol–water partition coefficient (Wildman–Crippen LogP) is 3.43. The van der Waals surface area contributed by atoms with Gasteiger partial charge in [0.2, 0.25) is 0 Å². The number of anilines is 1. The fourth-order valence-corrected chi connectivity index (χ4v) is 2.47. The molecule has 112 valence electrons. The third-order valence-corrected chi connectivity index (χ3v) is 3.78. The molecule has 0 aliphatic carbocycles. The van der Waals surface area contributed by atoms with Crippen molar-refractivity contribution in [3.05, 3.63) is 47.5 Å². The summed E-state index contributed by atoms with van der Waals surface area (Å²) in [6, 6.07) is 12.0. The highest BCUT2D eigenvalue weighted by atomic mass is 16.7. The molecule has 3 rings (SSSR count). The van der Waals surface area contributed by atoms with E-state index >= 15 is 0 Å². The van der Waals surface area contributed by atoms with Crippen LogP contribution in [0, 0.1) is 13.8 Å². The number of nitrogens with one attached hydrogen (secondary N) is 1. The topological polar surface area (TPSA) is 71.5 Å². The van der Waals surface area contributed by atoms with E-state index < -0.39 is 12.6 Å². The monoisotopic (exact) mass is 296 g/mol. The average molecular weight is 296 g/mol. The van der Waals surface area contributed by atoms with Crippen molar-refractivity contribution in [1.29, 1.82) is 0 Å². The second-order valence-electron chi connectivity index (χ2n) is 5.21. The largest absolute Gasteiger partial charge is 0.479 e. The number of aromatic nitrogens is 1. The standard InChI is InChI=1S/C17H16N2O3/c1-10-11(2)15(19-22-9-17(20)21)8-16-13(10)7-12-5-3-4-6-14(12)18-16/h3-8,19H,9H2,1-2H3,(H,20,21). The third kappa shape index (κ3) is 2.58. The van der Waals surface area contributed by atoms with Gasteiger partial charge in [-0.2, -0.15) is 0 Å². The molecule has 0 atom stereocenters. The van der Waals surface area contributed by atoms with Crippen molar-refractivity contribution in [2.45, 2.75) is 13.8 Å². The summed E-state index contributed by atoms with van der Waals surface area (Å²) in [5, 5.41) is 10.8. The first-order chi connectivity index (χ1) is 10.6. The molecule has 1 aromatic heterocycles. The number of aryl methyl sites for hydroxylation is 1. The smallest absolute Gasteiger partial charge is 0.332 e. The number of nitrogens with zero attached hydrogens (tertiary/aromatic N) is 1. The molecular weight excluding hydrogens is 280 g/mol. The average Bonchev–Trinajstić information content (AvgIpc) is 2.50. The predicted molar refractivity (Wildman–Crippen MR) is 85.9 cm³/mol. The van der Waals surface area contributed by atoms with E-state index in [4.69, 9.17) is 9.94 Å². The summed E-state index contributed by atoms with van der Waals surface area (Å²) in [6.45, 7) is 3.59. The summed E-state index contributed by atoms with van der Waals surface area (Å²) in [4.78, 5) is 20.2. The quantitative estimate of drug-likeness (QED) is 0.570. The second kappa shape index (κ2) is 5.61. The number of carboxylic acids is 1. The van der Waals surface area contributed by atoms with E-state index in [0.717, 1.165) is 38.6 Å². The van der Waals surface area contributed by atoms with Crippen LogP contribution in [0.3, 0.4) is 0 Å². The van der Waals surface area contributed by atoms with Crippen molar-refractivity contribution in [3.8, 4) is 0 Å². The number of aliphatic carboxylic acids is 1. The van der Waals surface area contributed by atoms with Gasteiger partial charge in [-0.1, -0.05) is 18.2 Å². The van der Waals surface area contributed by atoms with E-state index in [2.05, 4.69) is 16.5 Å². The minimum atomic E-state index is -1.02. The lowest BCUT2D eigenvalue weighted by Gasteiger charge is -2.14. The Kier molecular flexibility index (Phi) is 3.65. The number of fused-ring (bicyclic) bond motifs is 2. The zero-order chi connectivity index (χ0) is 15.7. The molecule has 2 aromatic carbocycles. The van der Waals surface area contributed by atoms with Crippen LogP contribution in [0.2, 0.25) is 0 Å². The molecule has 5 heteroatoms. The van der Waals surface area contributed by atoms with Crippen LogP contribution in [-0.2, 0) is 9.63 Å². The van der Waals surface area contributed by atoms with E-state index in [1.807, 2.05) is 44.2 Å². The Morgan fingerprint density at radius 1 is 1.18 bits per heavy atom. The number of para-hydroxylation sites is 1. The molecule has 0 saturated heterocycles. The van der Waals surface area contributed by atoms with E-state index in [1.165, 1.54) is 0 Å². The SMILES string of the molecule is Cc1c(NOCC(=O)O)cc2nc3ccccc3cc2c1C. The second-order valence-corrected chi connectivity index (χ2v) is 5.21. The molecule has 0 unspecified atom stereocenters. The van der Waals surface area contributed by atoms with Crippen molar-refractivity contribution in [1.82, 2.24) is 4.98 Å². The lowest BCUT2D eigenvalue weighted by atomic mass is 10.0. The molecular formula is C17H16N2O3. The van der Waals surface area contributed by atoms with Crippen LogP contribution >= 0.6 is 0 Å². The summed E-state index contributed by atoms with van der Waals surface area (Å²) < 4.78 is 0. The number of hydrogen-bond acceptors (Lipinski definition) is 4. The number of rotatable bonds is 4. The van der Waals surface area contributed by atoms with Gasteiger partial charge in [0, 0.05) is 10.8 Å². The molecule has 5 nitrogen and oxygen atoms in total. The summed E-state index contributed by atoms with van der Waals surface area (Å²) in [6.07, 6.45) is 0. The summed E-state index contributed by atoms with van der Waals surface area (Å²) >= 11 is 0. The van der Waals surface area contributed by atoms with Gasteiger partial charge in [0.25, 0.3) is 0 Å². The van der Waals surface area contributed by atoms with Crippen molar-refractivity contribution in [2.75, 3.05) is 12.1 Å². The molecule has 0 radical (unpaired) electrons. The number of carboxylic acid groups (broad SMARTS) is 1. The Bertz CT molecular complexity index is 875. The molecule has 0 aliphatic heterocycles. The highest BCUT2D eigenvalue weighted by Gasteiger charge is 2.10. The Balaban J connectivity index is 2.09. The molecule has 3 aromatic rings. The first kappa shape index (κ1) is 14.3. The van der Waals surface area contributed by atoms with Gasteiger partial charge in [-0.25, -0.2) is 9.78 Å². The van der Waals surface area contributed by atoms with Crippen molar-refractivity contribution >= 4 is 33.5 Å². The molecule has 0 spiro atoms. The fourth-order valence-electron chi connectivity index (χ4n) is 2.47. The maximum absolute atomic E-state index is 10.5. The summed E-state index contributed by atoms with van der Waals surface area (Å²) in [7, 11) is 0. The highest BCUT2D eigenvalue weighted by molar-refractivity contribution is 5.96. The van der Waals surface area contributed by atoms with Crippen LogP contribution < -0.4 is 5.48 Å². The molecule has 0 fully saturated rings. The molecule has 0 bridgehead atoms. The van der Waals surface area contributed by atoms with Crippen LogP contribution in [0.4, 0.5) is 5.69 Å². The maximum Gasteiger partial charge on any atom is 0.332 e. The molecule has 2 N–H and O–H groups in total. The normalized spacial score (nSPS) is 11.0. The minimum absolute atomic E-state index is 0.401. The van der Waals surface area contributed by atoms with Crippen LogP contribution in [0.1, 0.15) is 11.1 Å². The Hall–Kier alpha value is -2.66. The minimum Gasteiger partial charge on any atom is -0.479 e. The van der Waals surface area contributed by atoms with E-state index in [-0.39, 0.29) is 0 Å². The van der Waals surface area contributed by atoms with Gasteiger partial charge in [-0.3, -0.25) is 10.3 Å². The maximum atomic E-state index is 10.5. The zero-order valence-corrected chi connectivity index (χ0v) is 12.4. The zero-order valence-electron chi connectivity index (χ0n) is 12.4. The number of hydrogen-bond donors (Lipinski definition) is 2. The van der Waals surface area contributed by atoms with Crippen molar-refractivity contribution < 1.29 is 14.7 Å². The first-order valence-electron chi connectivity index (χ1n) is 6.95. The Morgan fingerprint density at radius 3 is 2.73 bits per heavy atom. The molecule has 0 saturated carbocycles. The van der Waals surface area contributed by atoms with E-state index in [1.54, 1.807) is 0 Å². The highest BCUT2D eigenvalue weighted by Crippen LogP contribution is 2.29. The van der Waals surface area contributed by atoms with Crippen molar-refractivity contribution in [2.24, 2.45) is 0 Å². The number of benzene rings is 2. The van der Waals surface area contributed by atoms with Crippen LogP contribution in [-0.4, -0.2) is 22.7 Å². The van der Waals surface area contributed by atoms with Gasteiger partial charge in [0.05, 0.1) is 16.7 Å². The van der Waals surface area contributed by atoms with E-state index in [0.29, 0.717) is 0 Å². The molecule has 22 heavy (non-hydrogen) atoms. The fraction of sp³-hybridized carbons (Fsp3) is 0.176. The van der Waals surface area contributed by atoms with Crippen LogP contribution in [0.5, 0.6) is 0 Å². The number of carbonyl (C=O) groups is 1. The summed E-state index contributed by atoms with van der Waals surface area (Å²) in [5.74, 6) is -1.02.